The fourth-order valence-corrected chi connectivity index (χ4v) is 2.51. The number of thioether (sulfide) groups is 1. The lowest BCUT2D eigenvalue weighted by molar-refractivity contribution is -0.118. The molecule has 3 rings (SSSR count). The molecule has 2 aromatic carbocycles. The molecule has 1 heterocycles. The van der Waals surface area contributed by atoms with E-state index in [2.05, 4.69) is 15.5 Å². The summed E-state index contributed by atoms with van der Waals surface area (Å²) >= 11 is 0.436. The van der Waals surface area contributed by atoms with Gasteiger partial charge in [0.05, 0.1) is 0 Å². The van der Waals surface area contributed by atoms with Crippen molar-refractivity contribution in [3.8, 4) is 17.5 Å². The number of hydrogen-bond donors (Lipinski definition) is 1. The van der Waals surface area contributed by atoms with Crippen molar-refractivity contribution >= 4 is 23.4 Å². The van der Waals surface area contributed by atoms with Crippen molar-refractivity contribution in [3.63, 3.8) is 0 Å². The number of rotatable bonds is 7. The van der Waals surface area contributed by atoms with Gasteiger partial charge in [0.2, 0.25) is 0 Å². The Morgan fingerprint density at radius 1 is 1.12 bits per heavy atom. The van der Waals surface area contributed by atoms with Crippen LogP contribution in [0.4, 0.5) is 14.5 Å². The Morgan fingerprint density at radius 2 is 1.85 bits per heavy atom. The molecule has 0 spiro atoms. The van der Waals surface area contributed by atoms with E-state index in [0.717, 1.165) is 5.56 Å². The largest absolute Gasteiger partial charge is 0.439 e. The van der Waals surface area contributed by atoms with Crippen molar-refractivity contribution in [1.82, 2.24) is 10.2 Å². The van der Waals surface area contributed by atoms with Crippen LogP contribution in [0.5, 0.6) is 6.08 Å². The first-order chi connectivity index (χ1) is 12.6. The summed E-state index contributed by atoms with van der Waals surface area (Å²) in [6.45, 7) is -0.329. The van der Waals surface area contributed by atoms with E-state index >= 15 is 0 Å². The molecule has 0 radical (unpaired) electrons. The average molecular weight is 377 g/mol. The lowest BCUT2D eigenvalue weighted by atomic mass is 10.2. The Labute approximate surface area is 151 Å². The van der Waals surface area contributed by atoms with Gasteiger partial charge in [0.25, 0.3) is 17.6 Å². The Balaban J connectivity index is 1.50. The highest BCUT2D eigenvalue weighted by Gasteiger charge is 2.11. The number of ether oxygens (including phenoxy) is 1. The van der Waals surface area contributed by atoms with E-state index in [9.17, 15) is 13.6 Å². The molecule has 134 valence electrons. The second kappa shape index (κ2) is 8.43. The van der Waals surface area contributed by atoms with Crippen LogP contribution in [0.3, 0.4) is 0 Å². The van der Waals surface area contributed by atoms with E-state index < -0.39 is 11.7 Å². The molecule has 6 nitrogen and oxygen atoms in total. The van der Waals surface area contributed by atoms with Crippen LogP contribution in [0.15, 0.2) is 63.9 Å². The SMILES string of the molecule is O=C(COc1nnc(-c2ccccc2)o1)Nc1ccc(SC(F)F)cc1. The van der Waals surface area contributed by atoms with Gasteiger partial charge in [-0.3, -0.25) is 4.79 Å². The maximum atomic E-state index is 12.3. The van der Waals surface area contributed by atoms with Crippen LogP contribution < -0.4 is 10.1 Å². The predicted octanol–water partition coefficient (Wildman–Crippen LogP) is 4.07. The highest BCUT2D eigenvalue weighted by Crippen LogP contribution is 2.26. The van der Waals surface area contributed by atoms with Gasteiger partial charge in [0.1, 0.15) is 0 Å². The van der Waals surface area contributed by atoms with Gasteiger partial charge in [-0.25, -0.2) is 0 Å². The van der Waals surface area contributed by atoms with Gasteiger partial charge in [-0.1, -0.05) is 35.1 Å². The van der Waals surface area contributed by atoms with Crippen molar-refractivity contribution in [2.75, 3.05) is 11.9 Å². The number of carbonyl (C=O) groups excluding carboxylic acids is 1. The van der Waals surface area contributed by atoms with Crippen LogP contribution in [-0.4, -0.2) is 28.5 Å². The Bertz CT molecular complexity index is 857. The summed E-state index contributed by atoms with van der Waals surface area (Å²) in [5, 5.41) is 10.1. The van der Waals surface area contributed by atoms with Crippen LogP contribution >= 0.6 is 11.8 Å². The molecule has 1 N–H and O–H groups in total. The van der Waals surface area contributed by atoms with Gasteiger partial charge >= 0.3 is 6.08 Å². The summed E-state index contributed by atoms with van der Waals surface area (Å²) in [6.07, 6.45) is -0.123. The van der Waals surface area contributed by atoms with Crippen LogP contribution in [0.2, 0.25) is 0 Å². The summed E-state index contributed by atoms with van der Waals surface area (Å²) in [7, 11) is 0. The predicted molar refractivity (Wildman–Crippen MR) is 92.2 cm³/mol. The van der Waals surface area contributed by atoms with Crippen LogP contribution in [-0.2, 0) is 4.79 Å². The van der Waals surface area contributed by atoms with Crippen molar-refractivity contribution in [3.05, 3.63) is 54.6 Å². The number of anilines is 1. The maximum Gasteiger partial charge on any atom is 0.415 e. The second-order valence-corrected chi connectivity index (χ2v) is 6.04. The first kappa shape index (κ1) is 17.9. The number of amides is 1. The van der Waals surface area contributed by atoms with Crippen molar-refractivity contribution in [1.29, 1.82) is 0 Å². The van der Waals surface area contributed by atoms with E-state index in [1.54, 1.807) is 12.1 Å². The number of aromatic nitrogens is 2. The van der Waals surface area contributed by atoms with Crippen molar-refractivity contribution < 1.29 is 22.7 Å². The topological polar surface area (TPSA) is 77.2 Å². The van der Waals surface area contributed by atoms with Crippen molar-refractivity contribution in [2.45, 2.75) is 10.7 Å². The molecule has 1 aromatic heterocycles. The Morgan fingerprint density at radius 3 is 2.54 bits per heavy atom. The van der Waals surface area contributed by atoms with Crippen molar-refractivity contribution in [2.24, 2.45) is 0 Å². The quantitative estimate of drug-likeness (QED) is 0.626. The highest BCUT2D eigenvalue weighted by atomic mass is 32.2. The number of alkyl halides is 2. The Kier molecular flexibility index (Phi) is 5.80. The standard InChI is InChI=1S/C17H13F2N3O3S/c18-16(19)26-13-8-6-12(7-9-13)20-14(23)10-24-17-22-21-15(25-17)11-4-2-1-3-5-11/h1-9,16H,10H2,(H,20,23). The van der Waals surface area contributed by atoms with Gasteiger partial charge < -0.3 is 14.5 Å². The number of hydrogen-bond acceptors (Lipinski definition) is 6. The number of carbonyl (C=O) groups is 1. The van der Waals surface area contributed by atoms with E-state index in [1.807, 2.05) is 18.2 Å². The summed E-state index contributed by atoms with van der Waals surface area (Å²) in [5.41, 5.74) is 1.20. The first-order valence-corrected chi connectivity index (χ1v) is 8.34. The monoisotopic (exact) mass is 377 g/mol. The molecule has 0 bridgehead atoms. The summed E-state index contributed by atoms with van der Waals surface area (Å²) in [4.78, 5) is 12.3. The fraction of sp³-hybridized carbons (Fsp3) is 0.118. The summed E-state index contributed by atoms with van der Waals surface area (Å²) < 4.78 is 35.0. The zero-order valence-electron chi connectivity index (χ0n) is 13.3. The van der Waals surface area contributed by atoms with Gasteiger partial charge in [-0.05, 0) is 36.4 Å². The molecule has 9 heteroatoms. The molecular formula is C17H13F2N3O3S. The molecule has 0 fully saturated rings. The second-order valence-electron chi connectivity index (χ2n) is 4.98. The third kappa shape index (κ3) is 5.03. The summed E-state index contributed by atoms with van der Waals surface area (Å²) in [6, 6.07) is 15.2. The molecule has 0 atom stereocenters. The molecule has 3 aromatic rings. The molecule has 0 aliphatic heterocycles. The molecule has 0 aliphatic rings. The molecule has 26 heavy (non-hydrogen) atoms. The lowest BCUT2D eigenvalue weighted by Crippen LogP contribution is -2.20. The number of nitrogens with one attached hydrogen (secondary N) is 1. The van der Waals surface area contributed by atoms with Crippen LogP contribution in [0.25, 0.3) is 11.5 Å². The van der Waals surface area contributed by atoms with Gasteiger partial charge in [-0.2, -0.15) is 8.78 Å². The molecule has 0 aliphatic carbocycles. The number of benzene rings is 2. The van der Waals surface area contributed by atoms with E-state index in [-0.39, 0.29) is 18.6 Å². The highest BCUT2D eigenvalue weighted by molar-refractivity contribution is 7.99. The molecule has 0 saturated carbocycles. The van der Waals surface area contributed by atoms with Gasteiger partial charge in [0.15, 0.2) is 6.61 Å². The summed E-state index contributed by atoms with van der Waals surface area (Å²) in [5.74, 6) is -2.65. The normalized spacial score (nSPS) is 10.7. The minimum absolute atomic E-state index is 0.123. The number of halogens is 2. The minimum Gasteiger partial charge on any atom is -0.439 e. The van der Waals surface area contributed by atoms with E-state index in [4.69, 9.17) is 9.15 Å². The third-order valence-corrected chi connectivity index (χ3v) is 3.84. The first-order valence-electron chi connectivity index (χ1n) is 7.46. The molecular weight excluding hydrogens is 364 g/mol. The smallest absolute Gasteiger partial charge is 0.415 e. The molecule has 0 unspecified atom stereocenters. The minimum atomic E-state index is -2.49. The molecule has 0 saturated heterocycles. The van der Waals surface area contributed by atoms with E-state index in [1.165, 1.54) is 24.3 Å². The Hall–Kier alpha value is -2.94. The number of nitrogens with zero attached hydrogens (tertiary/aromatic N) is 2. The van der Waals surface area contributed by atoms with Crippen LogP contribution in [0.1, 0.15) is 0 Å². The zero-order chi connectivity index (χ0) is 18.4. The van der Waals surface area contributed by atoms with E-state index in [0.29, 0.717) is 22.3 Å². The zero-order valence-corrected chi connectivity index (χ0v) is 14.1. The average Bonchev–Trinajstić information content (AvgIpc) is 3.11. The fourth-order valence-electron chi connectivity index (χ4n) is 2.01. The maximum absolute atomic E-state index is 12.3. The lowest BCUT2D eigenvalue weighted by Gasteiger charge is -2.06. The molecule has 1 amide bonds. The van der Waals surface area contributed by atoms with Gasteiger partial charge in [0, 0.05) is 16.1 Å². The third-order valence-electron chi connectivity index (χ3n) is 3.12. The van der Waals surface area contributed by atoms with Gasteiger partial charge in [-0.15, -0.1) is 5.10 Å². The van der Waals surface area contributed by atoms with Crippen LogP contribution in [0, 0.1) is 0 Å².